The maximum absolute atomic E-state index is 14.4. The van der Waals surface area contributed by atoms with Gasteiger partial charge in [-0.1, -0.05) is 146 Å². The standard InChI is InChI=1S/C49H50BrNO6Si/c1-49(2,3)58(39-20-12-6-13-21-39,40-22-14-7-15-23-40)57-32-36-30-41-46(48(56)51(47(41)55)38-18-10-5-11-19-38)42(31-52)45(36)44(54)26-24-34(33-16-8-4-9-17-33)28-35-29-37(50)25-27-43(35)53/h4-23,25,27-29,41-42,44,46,52-54H,24,26,30-32H2,1-3H3/b34-28-/t41-,42+,44-,46-/m1/s1. The zero-order chi connectivity index (χ0) is 41.0. The topological polar surface area (TPSA) is 107 Å². The third-order valence-corrected chi connectivity index (χ3v) is 17.3. The summed E-state index contributed by atoms with van der Waals surface area (Å²) in [6, 6.07) is 44.7. The fraction of sp³-hybridized carbons (Fsp3) is 0.265. The maximum atomic E-state index is 14.4. The van der Waals surface area contributed by atoms with Gasteiger partial charge in [0, 0.05) is 16.0 Å². The Kier molecular flexibility index (Phi) is 12.5. The number of carbonyl (C=O) groups is 2. The highest BCUT2D eigenvalue weighted by Gasteiger charge is 2.56. The first-order valence-corrected chi connectivity index (χ1v) is 22.6. The lowest BCUT2D eigenvalue weighted by Crippen LogP contribution is -2.66. The largest absolute Gasteiger partial charge is 0.507 e. The summed E-state index contributed by atoms with van der Waals surface area (Å²) in [5.41, 5.74) is 4.27. The van der Waals surface area contributed by atoms with E-state index in [1.807, 2.05) is 84.9 Å². The van der Waals surface area contributed by atoms with E-state index in [1.165, 1.54) is 4.90 Å². The molecule has 1 aliphatic carbocycles. The van der Waals surface area contributed by atoms with Crippen molar-refractivity contribution in [2.45, 2.75) is 51.2 Å². The number of phenols is 1. The number of imide groups is 1. The minimum atomic E-state index is -3.07. The molecule has 5 aromatic rings. The second-order valence-electron chi connectivity index (χ2n) is 16.3. The molecule has 1 aliphatic heterocycles. The number of para-hydroxylation sites is 1. The Labute approximate surface area is 350 Å². The molecule has 2 amide bonds. The summed E-state index contributed by atoms with van der Waals surface area (Å²) in [5, 5.41) is 36.4. The van der Waals surface area contributed by atoms with E-state index in [-0.39, 0.29) is 42.1 Å². The third-order valence-electron chi connectivity index (χ3n) is 11.8. The summed E-state index contributed by atoms with van der Waals surface area (Å²) in [5.74, 6) is -2.92. The number of fused-ring (bicyclic) bond motifs is 1. The summed E-state index contributed by atoms with van der Waals surface area (Å²) in [6.07, 6.45) is 1.74. The minimum Gasteiger partial charge on any atom is -0.507 e. The van der Waals surface area contributed by atoms with Crippen molar-refractivity contribution < 1.29 is 29.3 Å². The van der Waals surface area contributed by atoms with Crippen LogP contribution in [0.1, 0.15) is 51.2 Å². The smallest absolute Gasteiger partial charge is 0.261 e. The lowest BCUT2D eigenvalue weighted by atomic mass is 9.68. The number of aliphatic hydroxyl groups excluding tert-OH is 2. The predicted molar refractivity (Wildman–Crippen MR) is 237 cm³/mol. The monoisotopic (exact) mass is 855 g/mol. The number of benzene rings is 5. The van der Waals surface area contributed by atoms with Crippen LogP contribution < -0.4 is 15.3 Å². The van der Waals surface area contributed by atoms with Crippen molar-refractivity contribution in [3.8, 4) is 5.75 Å². The van der Waals surface area contributed by atoms with Crippen molar-refractivity contribution in [3.05, 3.63) is 166 Å². The molecule has 4 atom stereocenters. The third kappa shape index (κ3) is 8.07. The Hall–Kier alpha value is -4.90. The van der Waals surface area contributed by atoms with Crippen molar-refractivity contribution in [2.75, 3.05) is 18.1 Å². The van der Waals surface area contributed by atoms with Gasteiger partial charge in [-0.15, -0.1) is 0 Å². The Balaban J connectivity index is 1.32. The van der Waals surface area contributed by atoms with Crippen LogP contribution in [0.25, 0.3) is 11.6 Å². The molecule has 0 saturated carbocycles. The fourth-order valence-corrected chi connectivity index (χ4v) is 14.0. The van der Waals surface area contributed by atoms with Gasteiger partial charge in [0.1, 0.15) is 5.75 Å². The number of rotatable bonds is 13. The number of anilines is 1. The first kappa shape index (κ1) is 41.3. The summed E-state index contributed by atoms with van der Waals surface area (Å²) in [6.45, 7) is 6.29. The van der Waals surface area contributed by atoms with Gasteiger partial charge in [0.2, 0.25) is 11.8 Å². The highest BCUT2D eigenvalue weighted by Crippen LogP contribution is 2.48. The van der Waals surface area contributed by atoms with Crippen LogP contribution in [-0.4, -0.2) is 54.8 Å². The summed E-state index contributed by atoms with van der Waals surface area (Å²) in [7, 11) is -3.07. The number of allylic oxidation sites excluding steroid dienone is 1. The number of carbonyl (C=O) groups excluding carboxylic acids is 2. The van der Waals surface area contributed by atoms with Crippen LogP contribution in [0.5, 0.6) is 5.75 Å². The molecule has 0 spiro atoms. The van der Waals surface area contributed by atoms with Gasteiger partial charge >= 0.3 is 0 Å². The Morgan fingerprint density at radius 3 is 1.98 bits per heavy atom. The molecule has 9 heteroatoms. The van der Waals surface area contributed by atoms with Gasteiger partial charge < -0.3 is 19.7 Å². The van der Waals surface area contributed by atoms with Crippen molar-refractivity contribution in [1.29, 1.82) is 0 Å². The van der Waals surface area contributed by atoms with Gasteiger partial charge in [0.15, 0.2) is 0 Å². The molecule has 2 aliphatic rings. The summed E-state index contributed by atoms with van der Waals surface area (Å²) in [4.78, 5) is 29.9. The number of aliphatic hydroxyl groups is 2. The lowest BCUT2D eigenvalue weighted by Gasteiger charge is -2.44. The van der Waals surface area contributed by atoms with E-state index in [0.717, 1.165) is 31.6 Å². The molecule has 0 radical (unpaired) electrons. The number of nitrogens with zero attached hydrogens (tertiary/aromatic N) is 1. The SMILES string of the molecule is CC(C)(C)[Si](OCC1=C([C@H](O)CC/C(=C/c2cc(Br)ccc2O)c2ccccc2)[C@H](CO)[C@@H]2C(=O)N(c3ccccc3)C(=O)[C@@H]2C1)(c1ccccc1)c1ccccc1. The van der Waals surface area contributed by atoms with Crippen molar-refractivity contribution in [3.63, 3.8) is 0 Å². The molecule has 1 heterocycles. The van der Waals surface area contributed by atoms with E-state index in [1.54, 1.807) is 36.4 Å². The summed E-state index contributed by atoms with van der Waals surface area (Å²) >= 11 is 3.52. The molecule has 0 aromatic heterocycles. The van der Waals surface area contributed by atoms with Crippen LogP contribution in [-0.2, 0) is 14.0 Å². The maximum Gasteiger partial charge on any atom is 0.261 e. The highest BCUT2D eigenvalue weighted by atomic mass is 79.9. The highest BCUT2D eigenvalue weighted by molar-refractivity contribution is 9.10. The van der Waals surface area contributed by atoms with Gasteiger partial charge in [0.05, 0.1) is 36.8 Å². The zero-order valence-electron chi connectivity index (χ0n) is 33.1. The van der Waals surface area contributed by atoms with Crippen LogP contribution in [0.4, 0.5) is 5.69 Å². The molecule has 7 rings (SSSR count). The average molecular weight is 857 g/mol. The molecule has 298 valence electrons. The van der Waals surface area contributed by atoms with E-state index >= 15 is 0 Å². The number of hydrogen-bond donors (Lipinski definition) is 3. The van der Waals surface area contributed by atoms with Crippen LogP contribution in [0.3, 0.4) is 0 Å². The van der Waals surface area contributed by atoms with Crippen LogP contribution >= 0.6 is 15.9 Å². The number of phenolic OH excluding ortho intramolecular Hbond substituents is 1. The molecule has 0 bridgehead atoms. The van der Waals surface area contributed by atoms with Crippen molar-refractivity contribution in [2.24, 2.45) is 17.8 Å². The Morgan fingerprint density at radius 1 is 0.845 bits per heavy atom. The summed E-state index contributed by atoms with van der Waals surface area (Å²) < 4.78 is 8.26. The lowest BCUT2D eigenvalue weighted by molar-refractivity contribution is -0.123. The van der Waals surface area contributed by atoms with Gasteiger partial charge in [-0.05, 0) is 93.4 Å². The number of aromatic hydroxyl groups is 1. The predicted octanol–water partition coefficient (Wildman–Crippen LogP) is 8.53. The van der Waals surface area contributed by atoms with E-state index in [2.05, 4.69) is 61.0 Å². The quantitative estimate of drug-likeness (QED) is 0.0475. The second-order valence-corrected chi connectivity index (χ2v) is 21.5. The van der Waals surface area contributed by atoms with Crippen LogP contribution in [0.2, 0.25) is 5.04 Å². The second kappa shape index (κ2) is 17.5. The van der Waals surface area contributed by atoms with Crippen molar-refractivity contribution in [1.82, 2.24) is 0 Å². The molecule has 0 unspecified atom stereocenters. The molecule has 58 heavy (non-hydrogen) atoms. The molecule has 3 N–H and O–H groups in total. The normalized spacial score (nSPS) is 19.4. The first-order valence-electron chi connectivity index (χ1n) is 19.9. The van der Waals surface area contributed by atoms with Crippen LogP contribution in [0, 0.1) is 17.8 Å². The van der Waals surface area contributed by atoms with Gasteiger partial charge in [-0.2, -0.15) is 0 Å². The van der Waals surface area contributed by atoms with E-state index in [0.29, 0.717) is 23.2 Å². The molecule has 1 fully saturated rings. The van der Waals surface area contributed by atoms with Crippen LogP contribution in [0.15, 0.2) is 155 Å². The minimum absolute atomic E-state index is 0.111. The number of halogens is 1. The van der Waals surface area contributed by atoms with E-state index < -0.39 is 38.8 Å². The van der Waals surface area contributed by atoms with Gasteiger partial charge in [0.25, 0.3) is 8.32 Å². The molecular formula is C49H50BrNO6Si. The van der Waals surface area contributed by atoms with Gasteiger partial charge in [-0.25, -0.2) is 0 Å². The fourth-order valence-electron chi connectivity index (χ4n) is 9.11. The average Bonchev–Trinajstić information content (AvgIpc) is 3.49. The van der Waals surface area contributed by atoms with Gasteiger partial charge in [-0.3, -0.25) is 14.5 Å². The molecule has 5 aromatic carbocycles. The van der Waals surface area contributed by atoms with Crippen molar-refractivity contribution >= 4 is 63.8 Å². The first-order chi connectivity index (χ1) is 27.9. The molecule has 7 nitrogen and oxygen atoms in total. The Morgan fingerprint density at radius 2 is 1.41 bits per heavy atom. The molecule has 1 saturated heterocycles. The van der Waals surface area contributed by atoms with E-state index in [9.17, 15) is 24.9 Å². The number of hydrogen-bond acceptors (Lipinski definition) is 6. The molecular weight excluding hydrogens is 807 g/mol. The number of amides is 2. The Bertz CT molecular complexity index is 2250. The zero-order valence-corrected chi connectivity index (χ0v) is 35.7. The van der Waals surface area contributed by atoms with E-state index in [4.69, 9.17) is 4.43 Å².